The van der Waals surface area contributed by atoms with Gasteiger partial charge in [0.15, 0.2) is 6.29 Å². The summed E-state index contributed by atoms with van der Waals surface area (Å²) in [6, 6.07) is 19.9. The van der Waals surface area contributed by atoms with Gasteiger partial charge in [-0.3, -0.25) is 4.79 Å². The van der Waals surface area contributed by atoms with Gasteiger partial charge in [-0.1, -0.05) is 36.4 Å². The summed E-state index contributed by atoms with van der Waals surface area (Å²) in [7, 11) is 0. The Morgan fingerprint density at radius 1 is 1.05 bits per heavy atom. The molecule has 0 saturated heterocycles. The number of carbonyl (C=O) groups excluding carboxylic acids is 1. The molecule has 0 aliphatic carbocycles. The summed E-state index contributed by atoms with van der Waals surface area (Å²) in [5.74, 6) is 0.627. The van der Waals surface area contributed by atoms with E-state index >= 15 is 0 Å². The van der Waals surface area contributed by atoms with Gasteiger partial charge in [-0.25, -0.2) is 0 Å². The summed E-state index contributed by atoms with van der Waals surface area (Å²) in [4.78, 5) is 13.7. The number of benzene rings is 2. The zero-order valence-electron chi connectivity index (χ0n) is 12.3. The van der Waals surface area contributed by atoms with Crippen molar-refractivity contribution in [3.8, 4) is 16.2 Å². The first-order valence-electron chi connectivity index (χ1n) is 7.09. The monoisotopic (exact) mass is 308 g/mol. The number of hydrogen-bond acceptors (Lipinski definition) is 3. The van der Waals surface area contributed by atoms with Gasteiger partial charge in [0.05, 0.1) is 5.56 Å². The Morgan fingerprint density at radius 2 is 1.86 bits per heavy atom. The van der Waals surface area contributed by atoms with Crippen LogP contribution >= 0.6 is 11.3 Å². The van der Waals surface area contributed by atoms with Crippen LogP contribution in [-0.2, 0) is 6.61 Å². The van der Waals surface area contributed by atoms with Crippen molar-refractivity contribution >= 4 is 17.6 Å². The maximum Gasteiger partial charge on any atom is 0.153 e. The zero-order chi connectivity index (χ0) is 15.4. The molecule has 22 heavy (non-hydrogen) atoms. The van der Waals surface area contributed by atoms with Crippen LogP contribution in [0.25, 0.3) is 10.4 Å². The lowest BCUT2D eigenvalue weighted by Gasteiger charge is -2.10. The van der Waals surface area contributed by atoms with Crippen molar-refractivity contribution in [2.24, 2.45) is 0 Å². The summed E-state index contributed by atoms with van der Waals surface area (Å²) in [6.45, 7) is 2.54. The highest BCUT2D eigenvalue weighted by molar-refractivity contribution is 7.15. The molecule has 0 atom stereocenters. The van der Waals surface area contributed by atoms with Crippen molar-refractivity contribution < 1.29 is 9.53 Å². The Morgan fingerprint density at radius 3 is 2.55 bits per heavy atom. The molecular weight excluding hydrogens is 292 g/mol. The molecule has 0 spiro atoms. The molecule has 110 valence electrons. The smallest absolute Gasteiger partial charge is 0.153 e. The topological polar surface area (TPSA) is 26.3 Å². The highest BCUT2D eigenvalue weighted by Gasteiger charge is 2.08. The maximum absolute atomic E-state index is 11.2. The Kier molecular flexibility index (Phi) is 4.35. The average molecular weight is 308 g/mol. The number of aryl methyl sites for hydroxylation is 1. The van der Waals surface area contributed by atoms with Gasteiger partial charge in [-0.05, 0) is 42.3 Å². The van der Waals surface area contributed by atoms with Crippen LogP contribution in [0.3, 0.4) is 0 Å². The zero-order valence-corrected chi connectivity index (χ0v) is 13.1. The highest BCUT2D eigenvalue weighted by atomic mass is 32.1. The Balaban J connectivity index is 1.86. The fraction of sp³-hybridized carbons (Fsp3) is 0.105. The molecule has 0 unspecified atom stereocenters. The standard InChI is InChI=1S/C19H16O2S/c1-14-7-10-19(22-14)16-8-9-17(12-20)18(11-16)21-13-15-5-3-2-4-6-15/h2-12H,13H2,1H3. The van der Waals surface area contributed by atoms with E-state index in [2.05, 4.69) is 19.1 Å². The number of carbonyl (C=O) groups is 1. The van der Waals surface area contributed by atoms with E-state index in [1.165, 1.54) is 9.75 Å². The van der Waals surface area contributed by atoms with E-state index in [9.17, 15) is 4.79 Å². The lowest BCUT2D eigenvalue weighted by atomic mass is 10.1. The molecule has 0 bridgehead atoms. The van der Waals surface area contributed by atoms with Crippen molar-refractivity contribution in [3.05, 3.63) is 76.7 Å². The molecule has 3 rings (SSSR count). The molecule has 2 aromatic carbocycles. The van der Waals surface area contributed by atoms with E-state index in [-0.39, 0.29) is 0 Å². The highest BCUT2D eigenvalue weighted by Crippen LogP contribution is 2.31. The number of thiophene rings is 1. The summed E-state index contributed by atoms with van der Waals surface area (Å²) < 4.78 is 5.86. The van der Waals surface area contributed by atoms with Crippen molar-refractivity contribution in [1.82, 2.24) is 0 Å². The molecular formula is C19H16O2S. The summed E-state index contributed by atoms with van der Waals surface area (Å²) in [5, 5.41) is 0. The van der Waals surface area contributed by atoms with Gasteiger partial charge in [-0.2, -0.15) is 0 Å². The Hall–Kier alpha value is -2.39. The van der Waals surface area contributed by atoms with Crippen LogP contribution in [-0.4, -0.2) is 6.29 Å². The second kappa shape index (κ2) is 6.58. The molecule has 0 amide bonds. The first-order chi connectivity index (χ1) is 10.8. The molecule has 0 saturated carbocycles. The van der Waals surface area contributed by atoms with Crippen LogP contribution in [0.5, 0.6) is 5.75 Å². The maximum atomic E-state index is 11.2. The van der Waals surface area contributed by atoms with E-state index in [4.69, 9.17) is 4.74 Å². The molecule has 3 heteroatoms. The van der Waals surface area contributed by atoms with Gasteiger partial charge in [0.25, 0.3) is 0 Å². The van der Waals surface area contributed by atoms with Crippen molar-refractivity contribution in [2.45, 2.75) is 13.5 Å². The fourth-order valence-electron chi connectivity index (χ4n) is 2.23. The van der Waals surface area contributed by atoms with Crippen LogP contribution in [0.15, 0.2) is 60.7 Å². The van der Waals surface area contributed by atoms with E-state index in [1.54, 1.807) is 11.3 Å². The van der Waals surface area contributed by atoms with Gasteiger partial charge >= 0.3 is 0 Å². The van der Waals surface area contributed by atoms with Gasteiger partial charge in [0, 0.05) is 9.75 Å². The van der Waals surface area contributed by atoms with Crippen molar-refractivity contribution in [1.29, 1.82) is 0 Å². The van der Waals surface area contributed by atoms with Gasteiger partial charge in [0.2, 0.25) is 0 Å². The molecule has 1 heterocycles. The summed E-state index contributed by atoms with van der Waals surface area (Å²) in [5.41, 5.74) is 2.73. The first-order valence-corrected chi connectivity index (χ1v) is 7.90. The van der Waals surface area contributed by atoms with Crippen LogP contribution in [0.2, 0.25) is 0 Å². The van der Waals surface area contributed by atoms with E-state index in [0.29, 0.717) is 17.9 Å². The number of ether oxygens (including phenoxy) is 1. The molecule has 2 nitrogen and oxygen atoms in total. The lowest BCUT2D eigenvalue weighted by Crippen LogP contribution is -1.98. The first kappa shape index (κ1) is 14.5. The van der Waals surface area contributed by atoms with Crippen LogP contribution in [0, 0.1) is 6.92 Å². The SMILES string of the molecule is Cc1ccc(-c2ccc(C=O)c(OCc3ccccc3)c2)s1. The number of hydrogen-bond donors (Lipinski definition) is 0. The lowest BCUT2D eigenvalue weighted by molar-refractivity contribution is 0.111. The minimum atomic E-state index is 0.453. The quantitative estimate of drug-likeness (QED) is 0.612. The molecule has 0 aliphatic rings. The van der Waals surface area contributed by atoms with E-state index < -0.39 is 0 Å². The largest absolute Gasteiger partial charge is 0.488 e. The number of rotatable bonds is 5. The fourth-order valence-corrected chi connectivity index (χ4v) is 3.10. The van der Waals surface area contributed by atoms with Gasteiger partial charge < -0.3 is 4.74 Å². The summed E-state index contributed by atoms with van der Waals surface area (Å²) in [6.07, 6.45) is 0.837. The van der Waals surface area contributed by atoms with Crippen LogP contribution in [0.1, 0.15) is 20.8 Å². The van der Waals surface area contributed by atoms with E-state index in [0.717, 1.165) is 17.4 Å². The van der Waals surface area contributed by atoms with Gasteiger partial charge in [-0.15, -0.1) is 11.3 Å². The Bertz CT molecular complexity index is 775. The third kappa shape index (κ3) is 3.26. The molecule has 0 aliphatic heterocycles. The van der Waals surface area contributed by atoms with Crippen molar-refractivity contribution in [3.63, 3.8) is 0 Å². The van der Waals surface area contributed by atoms with Crippen molar-refractivity contribution in [2.75, 3.05) is 0 Å². The molecule has 0 radical (unpaired) electrons. The molecule has 1 aromatic heterocycles. The Labute approximate surface area is 134 Å². The van der Waals surface area contributed by atoms with E-state index in [1.807, 2.05) is 48.5 Å². The predicted octanol–water partition coefficient (Wildman–Crippen LogP) is 5.12. The molecule has 0 fully saturated rings. The van der Waals surface area contributed by atoms with Gasteiger partial charge in [0.1, 0.15) is 12.4 Å². The second-order valence-corrected chi connectivity index (χ2v) is 6.34. The second-order valence-electron chi connectivity index (χ2n) is 5.06. The van der Waals surface area contributed by atoms with Crippen LogP contribution in [0.4, 0.5) is 0 Å². The predicted molar refractivity (Wildman–Crippen MR) is 90.7 cm³/mol. The minimum absolute atomic E-state index is 0.453. The molecule has 3 aromatic rings. The van der Waals surface area contributed by atoms with Crippen LogP contribution < -0.4 is 4.74 Å². The molecule has 0 N–H and O–H groups in total. The number of aldehydes is 1. The summed E-state index contributed by atoms with van der Waals surface area (Å²) >= 11 is 1.73. The normalized spacial score (nSPS) is 10.4. The third-order valence-corrected chi connectivity index (χ3v) is 4.45. The third-order valence-electron chi connectivity index (χ3n) is 3.40. The minimum Gasteiger partial charge on any atom is -0.488 e. The average Bonchev–Trinajstić information content (AvgIpc) is 3.00.